The van der Waals surface area contributed by atoms with E-state index in [0.717, 1.165) is 0 Å². The number of carbonyl (C=O) groups is 2. The van der Waals surface area contributed by atoms with Gasteiger partial charge in [-0.3, -0.25) is 4.79 Å². The first-order chi connectivity index (χ1) is 7.99. The summed E-state index contributed by atoms with van der Waals surface area (Å²) in [7, 11) is 0. The predicted molar refractivity (Wildman–Crippen MR) is 65.2 cm³/mol. The van der Waals surface area contributed by atoms with Crippen molar-refractivity contribution in [3.63, 3.8) is 0 Å². The molecule has 1 aromatic carbocycles. The Balaban J connectivity index is 2.51. The number of benzene rings is 1. The third-order valence-electron chi connectivity index (χ3n) is 2.09. The van der Waals surface area contributed by atoms with Gasteiger partial charge >= 0.3 is 5.97 Å². The van der Waals surface area contributed by atoms with Gasteiger partial charge in [-0.1, -0.05) is 13.8 Å². The van der Waals surface area contributed by atoms with Crippen molar-refractivity contribution in [3.8, 4) is 0 Å². The maximum atomic E-state index is 11.4. The summed E-state index contributed by atoms with van der Waals surface area (Å²) in [6, 6.07) is 6.28. The molecular weight excluding hydrogens is 220 g/mol. The molecule has 92 valence electrons. The van der Waals surface area contributed by atoms with Crippen molar-refractivity contribution in [1.82, 2.24) is 5.32 Å². The van der Waals surface area contributed by atoms with Crippen molar-refractivity contribution in [2.75, 3.05) is 11.9 Å². The fourth-order valence-corrected chi connectivity index (χ4v) is 1.20. The highest BCUT2D eigenvalue weighted by molar-refractivity contribution is 5.93. The average Bonchev–Trinajstić information content (AvgIpc) is 2.27. The fourth-order valence-electron chi connectivity index (χ4n) is 1.20. The lowest BCUT2D eigenvalue weighted by Crippen LogP contribution is -2.32. The van der Waals surface area contributed by atoms with E-state index in [1.165, 1.54) is 12.1 Å². The number of carboxylic acid groups (broad SMARTS) is 1. The summed E-state index contributed by atoms with van der Waals surface area (Å²) in [5.41, 5.74) is 0.786. The monoisotopic (exact) mass is 236 g/mol. The van der Waals surface area contributed by atoms with E-state index in [-0.39, 0.29) is 24.1 Å². The Labute approximate surface area is 99.8 Å². The lowest BCUT2D eigenvalue weighted by molar-refractivity contribution is -0.115. The molecule has 0 atom stereocenters. The largest absolute Gasteiger partial charge is 0.478 e. The highest BCUT2D eigenvalue weighted by atomic mass is 16.4. The quantitative estimate of drug-likeness (QED) is 0.720. The second kappa shape index (κ2) is 6.00. The minimum atomic E-state index is -0.982. The molecule has 1 rings (SSSR count). The average molecular weight is 236 g/mol. The van der Waals surface area contributed by atoms with Crippen LogP contribution in [0.1, 0.15) is 24.2 Å². The van der Waals surface area contributed by atoms with Crippen LogP contribution in [-0.2, 0) is 4.79 Å². The minimum absolute atomic E-state index is 0.151. The Bertz CT molecular complexity index is 399. The van der Waals surface area contributed by atoms with Gasteiger partial charge in [0.15, 0.2) is 0 Å². The number of anilines is 1. The van der Waals surface area contributed by atoms with Crippen molar-refractivity contribution < 1.29 is 14.7 Å². The van der Waals surface area contributed by atoms with Gasteiger partial charge in [-0.2, -0.15) is 0 Å². The molecular formula is C12H16N2O3. The van der Waals surface area contributed by atoms with Crippen LogP contribution < -0.4 is 10.6 Å². The molecule has 0 bridgehead atoms. The normalized spacial score (nSPS) is 10.3. The van der Waals surface area contributed by atoms with Gasteiger partial charge in [0, 0.05) is 11.7 Å². The summed E-state index contributed by atoms with van der Waals surface area (Å²) in [6.07, 6.45) is 0. The van der Waals surface area contributed by atoms with E-state index in [9.17, 15) is 9.59 Å². The van der Waals surface area contributed by atoms with Crippen molar-refractivity contribution >= 4 is 17.6 Å². The summed E-state index contributed by atoms with van der Waals surface area (Å²) in [5, 5.41) is 14.4. The number of carboxylic acids is 1. The second-order valence-electron chi connectivity index (χ2n) is 3.97. The maximum Gasteiger partial charge on any atom is 0.335 e. The molecule has 0 aromatic heterocycles. The van der Waals surface area contributed by atoms with Gasteiger partial charge in [-0.25, -0.2) is 4.79 Å². The lowest BCUT2D eigenvalue weighted by atomic mass is 10.2. The topological polar surface area (TPSA) is 78.4 Å². The lowest BCUT2D eigenvalue weighted by Gasteiger charge is -2.08. The standard InChI is InChI=1S/C12H16N2O3/c1-8(2)13-7-11(15)14-10-5-3-9(4-6-10)12(16)17/h3-6,8,13H,7H2,1-2H3,(H,14,15)(H,16,17). The van der Waals surface area contributed by atoms with Crippen LogP contribution >= 0.6 is 0 Å². The van der Waals surface area contributed by atoms with Crippen LogP contribution in [0.5, 0.6) is 0 Å². The van der Waals surface area contributed by atoms with E-state index in [2.05, 4.69) is 10.6 Å². The molecule has 0 fully saturated rings. The van der Waals surface area contributed by atoms with Crippen LogP contribution in [0.25, 0.3) is 0 Å². The molecule has 0 aliphatic heterocycles. The summed E-state index contributed by atoms with van der Waals surface area (Å²) < 4.78 is 0. The molecule has 0 heterocycles. The van der Waals surface area contributed by atoms with Gasteiger partial charge in [0.1, 0.15) is 0 Å². The third kappa shape index (κ3) is 4.65. The zero-order valence-electron chi connectivity index (χ0n) is 9.86. The number of hydrogen-bond donors (Lipinski definition) is 3. The number of hydrogen-bond acceptors (Lipinski definition) is 3. The highest BCUT2D eigenvalue weighted by Gasteiger charge is 2.05. The first-order valence-electron chi connectivity index (χ1n) is 5.35. The van der Waals surface area contributed by atoms with Gasteiger partial charge in [-0.15, -0.1) is 0 Å². The van der Waals surface area contributed by atoms with Crippen LogP contribution in [0.3, 0.4) is 0 Å². The van der Waals surface area contributed by atoms with Gasteiger partial charge in [0.2, 0.25) is 5.91 Å². The van der Waals surface area contributed by atoms with Gasteiger partial charge in [-0.05, 0) is 24.3 Å². The summed E-state index contributed by atoms with van der Waals surface area (Å²) >= 11 is 0. The molecule has 3 N–H and O–H groups in total. The fraction of sp³-hybridized carbons (Fsp3) is 0.333. The molecule has 0 spiro atoms. The van der Waals surface area contributed by atoms with E-state index in [0.29, 0.717) is 5.69 Å². The summed E-state index contributed by atoms with van der Waals surface area (Å²) in [6.45, 7) is 4.14. The zero-order chi connectivity index (χ0) is 12.8. The van der Waals surface area contributed by atoms with Crippen LogP contribution in [-0.4, -0.2) is 29.6 Å². The van der Waals surface area contributed by atoms with Crippen LogP contribution in [0.4, 0.5) is 5.69 Å². The van der Waals surface area contributed by atoms with Crippen molar-refractivity contribution in [1.29, 1.82) is 0 Å². The molecule has 5 heteroatoms. The number of amides is 1. The molecule has 1 amide bonds. The molecule has 0 aliphatic rings. The van der Waals surface area contributed by atoms with Gasteiger partial charge < -0.3 is 15.7 Å². The second-order valence-corrected chi connectivity index (χ2v) is 3.97. The van der Waals surface area contributed by atoms with E-state index in [1.807, 2.05) is 13.8 Å². The molecule has 1 aromatic rings. The zero-order valence-corrected chi connectivity index (χ0v) is 9.86. The van der Waals surface area contributed by atoms with Crippen LogP contribution in [0, 0.1) is 0 Å². The Morgan fingerprint density at radius 1 is 1.24 bits per heavy atom. The Morgan fingerprint density at radius 2 is 1.82 bits per heavy atom. The minimum Gasteiger partial charge on any atom is -0.478 e. The molecule has 0 unspecified atom stereocenters. The third-order valence-corrected chi connectivity index (χ3v) is 2.09. The molecule has 0 saturated heterocycles. The first-order valence-corrected chi connectivity index (χ1v) is 5.35. The molecule has 0 radical (unpaired) electrons. The Kier molecular flexibility index (Phi) is 4.66. The van der Waals surface area contributed by atoms with Crippen molar-refractivity contribution in [3.05, 3.63) is 29.8 Å². The Hall–Kier alpha value is -1.88. The molecule has 17 heavy (non-hydrogen) atoms. The summed E-state index contributed by atoms with van der Waals surface area (Å²) in [5.74, 6) is -1.13. The summed E-state index contributed by atoms with van der Waals surface area (Å²) in [4.78, 5) is 22.1. The molecule has 0 aliphatic carbocycles. The molecule has 0 saturated carbocycles. The van der Waals surface area contributed by atoms with Gasteiger partial charge in [0.25, 0.3) is 0 Å². The smallest absolute Gasteiger partial charge is 0.335 e. The number of carbonyl (C=O) groups excluding carboxylic acids is 1. The Morgan fingerprint density at radius 3 is 2.29 bits per heavy atom. The number of aromatic carboxylic acids is 1. The van der Waals surface area contributed by atoms with Crippen molar-refractivity contribution in [2.24, 2.45) is 0 Å². The van der Waals surface area contributed by atoms with Gasteiger partial charge in [0.05, 0.1) is 12.1 Å². The first kappa shape index (κ1) is 13.2. The van der Waals surface area contributed by atoms with Crippen molar-refractivity contribution in [2.45, 2.75) is 19.9 Å². The van der Waals surface area contributed by atoms with Crippen LogP contribution in [0.15, 0.2) is 24.3 Å². The highest BCUT2D eigenvalue weighted by Crippen LogP contribution is 2.09. The number of rotatable bonds is 5. The predicted octanol–water partition coefficient (Wildman–Crippen LogP) is 1.32. The van der Waals surface area contributed by atoms with E-state index >= 15 is 0 Å². The van der Waals surface area contributed by atoms with E-state index in [4.69, 9.17) is 5.11 Å². The number of nitrogens with one attached hydrogen (secondary N) is 2. The maximum absolute atomic E-state index is 11.4. The van der Waals surface area contributed by atoms with E-state index in [1.54, 1.807) is 12.1 Å². The molecule has 5 nitrogen and oxygen atoms in total. The van der Waals surface area contributed by atoms with Crippen LogP contribution in [0.2, 0.25) is 0 Å². The van der Waals surface area contributed by atoms with E-state index < -0.39 is 5.97 Å². The SMILES string of the molecule is CC(C)NCC(=O)Nc1ccc(C(=O)O)cc1.